The molecule has 1 aromatic heterocycles. The van der Waals surface area contributed by atoms with Crippen LogP contribution in [0.4, 0.5) is 10.8 Å². The normalized spacial score (nSPS) is 17.2. The van der Waals surface area contributed by atoms with E-state index in [9.17, 15) is 9.59 Å². The number of methoxy groups -OCH3 is 1. The van der Waals surface area contributed by atoms with Crippen molar-refractivity contribution in [1.82, 2.24) is 10.2 Å². The van der Waals surface area contributed by atoms with Crippen molar-refractivity contribution >= 4 is 45.6 Å². The molecule has 1 unspecified atom stereocenters. The highest BCUT2D eigenvalue weighted by Gasteiger charge is 2.34. The van der Waals surface area contributed by atoms with Crippen LogP contribution in [-0.2, 0) is 14.3 Å². The van der Waals surface area contributed by atoms with Gasteiger partial charge in [0.1, 0.15) is 11.6 Å². The molecule has 1 aromatic carbocycles. The van der Waals surface area contributed by atoms with Gasteiger partial charge < -0.3 is 9.64 Å². The molecule has 0 bridgehead atoms. The third kappa shape index (κ3) is 3.97. The molecular weight excluding hydrogens is 364 g/mol. The second-order valence-electron chi connectivity index (χ2n) is 5.77. The summed E-state index contributed by atoms with van der Waals surface area (Å²) in [5.74, 6) is -0.327. The summed E-state index contributed by atoms with van der Waals surface area (Å²) < 4.78 is 4.76. The Morgan fingerprint density at radius 2 is 2.28 bits per heavy atom. The number of aryl methyl sites for hydroxylation is 1. The van der Waals surface area contributed by atoms with Crippen LogP contribution in [0.5, 0.6) is 0 Å². The molecule has 1 aliphatic heterocycles. The highest BCUT2D eigenvalue weighted by atomic mass is 35.5. The standard InChI is InChI=1S/C16H17ClN4O3S/c1-9-3-4-11(6-12(9)17)21-7-10(5-14(21)23)15-19-20-16(25-15)18-13(22)8-24-2/h3-4,6,10H,5,7-8H2,1-2H3,(H,18,20,22). The number of benzene rings is 1. The zero-order valence-electron chi connectivity index (χ0n) is 13.8. The summed E-state index contributed by atoms with van der Waals surface area (Å²) in [6.07, 6.45) is 0.353. The van der Waals surface area contributed by atoms with E-state index >= 15 is 0 Å². The van der Waals surface area contributed by atoms with E-state index in [-0.39, 0.29) is 24.3 Å². The zero-order valence-corrected chi connectivity index (χ0v) is 15.4. The smallest absolute Gasteiger partial charge is 0.252 e. The average molecular weight is 381 g/mol. The van der Waals surface area contributed by atoms with E-state index in [1.54, 1.807) is 11.0 Å². The third-order valence-electron chi connectivity index (χ3n) is 3.90. The van der Waals surface area contributed by atoms with Gasteiger partial charge in [0.05, 0.1) is 0 Å². The molecule has 0 spiro atoms. The van der Waals surface area contributed by atoms with Gasteiger partial charge in [-0.15, -0.1) is 10.2 Å². The maximum Gasteiger partial charge on any atom is 0.252 e. The Labute approximate surface area is 153 Å². The molecule has 7 nitrogen and oxygen atoms in total. The van der Waals surface area contributed by atoms with E-state index in [1.165, 1.54) is 18.4 Å². The number of amides is 2. The van der Waals surface area contributed by atoms with Crippen molar-refractivity contribution in [3.63, 3.8) is 0 Å². The molecule has 9 heteroatoms. The topological polar surface area (TPSA) is 84.4 Å². The molecule has 0 aliphatic carbocycles. The third-order valence-corrected chi connectivity index (χ3v) is 5.31. The van der Waals surface area contributed by atoms with Gasteiger partial charge in [-0.1, -0.05) is 29.0 Å². The number of aromatic nitrogens is 2. The minimum atomic E-state index is -0.288. The number of carbonyl (C=O) groups excluding carboxylic acids is 2. The predicted octanol–water partition coefficient (Wildman–Crippen LogP) is 2.61. The Bertz CT molecular complexity index is 810. The fourth-order valence-electron chi connectivity index (χ4n) is 2.61. The van der Waals surface area contributed by atoms with Crippen LogP contribution >= 0.6 is 22.9 Å². The number of hydrogen-bond acceptors (Lipinski definition) is 6. The van der Waals surface area contributed by atoms with E-state index in [4.69, 9.17) is 16.3 Å². The van der Waals surface area contributed by atoms with Crippen LogP contribution in [0.25, 0.3) is 0 Å². The van der Waals surface area contributed by atoms with Crippen LogP contribution in [0.3, 0.4) is 0 Å². The number of nitrogens with one attached hydrogen (secondary N) is 1. The van der Waals surface area contributed by atoms with Crippen molar-refractivity contribution in [3.8, 4) is 0 Å². The first-order valence-electron chi connectivity index (χ1n) is 7.66. The number of anilines is 2. The summed E-state index contributed by atoms with van der Waals surface area (Å²) in [6, 6.07) is 5.58. The van der Waals surface area contributed by atoms with Crippen molar-refractivity contribution in [1.29, 1.82) is 0 Å². The van der Waals surface area contributed by atoms with Gasteiger partial charge in [0.15, 0.2) is 0 Å². The molecule has 3 rings (SSSR count). The lowest BCUT2D eigenvalue weighted by Crippen LogP contribution is -2.24. The molecule has 0 radical (unpaired) electrons. The fraction of sp³-hybridized carbons (Fsp3) is 0.375. The summed E-state index contributed by atoms with van der Waals surface area (Å²) in [7, 11) is 1.45. The first-order chi connectivity index (χ1) is 12.0. The van der Waals surface area contributed by atoms with Crippen molar-refractivity contribution in [3.05, 3.63) is 33.8 Å². The molecule has 1 fully saturated rings. The Morgan fingerprint density at radius 1 is 1.48 bits per heavy atom. The molecule has 2 heterocycles. The Hall–Kier alpha value is -2.03. The molecule has 25 heavy (non-hydrogen) atoms. The van der Waals surface area contributed by atoms with Crippen LogP contribution in [0.1, 0.15) is 22.9 Å². The van der Waals surface area contributed by atoms with Gasteiger partial charge >= 0.3 is 0 Å². The number of halogens is 1. The molecule has 2 amide bonds. The SMILES string of the molecule is COCC(=O)Nc1nnc(C2CC(=O)N(c3ccc(C)c(Cl)c3)C2)s1. The fourth-order valence-corrected chi connectivity index (χ4v) is 3.63. The summed E-state index contributed by atoms with van der Waals surface area (Å²) in [4.78, 5) is 25.6. The number of hydrogen-bond donors (Lipinski definition) is 1. The number of rotatable bonds is 5. The second kappa shape index (κ2) is 7.47. The van der Waals surface area contributed by atoms with Crippen LogP contribution in [0, 0.1) is 6.92 Å². The molecule has 1 saturated heterocycles. The molecule has 1 aliphatic rings. The lowest BCUT2D eigenvalue weighted by Gasteiger charge is -2.17. The van der Waals surface area contributed by atoms with Crippen LogP contribution in [-0.4, -0.2) is 42.3 Å². The van der Waals surface area contributed by atoms with Crippen LogP contribution < -0.4 is 10.2 Å². The van der Waals surface area contributed by atoms with E-state index in [0.717, 1.165) is 16.3 Å². The highest BCUT2D eigenvalue weighted by Crippen LogP contribution is 2.35. The van der Waals surface area contributed by atoms with Crippen LogP contribution in [0.2, 0.25) is 5.02 Å². The van der Waals surface area contributed by atoms with Gasteiger partial charge in [0.25, 0.3) is 5.91 Å². The molecular formula is C16H17ClN4O3S. The Morgan fingerprint density at radius 3 is 3.00 bits per heavy atom. The summed E-state index contributed by atoms with van der Waals surface area (Å²) in [5, 5.41) is 12.5. The van der Waals surface area contributed by atoms with E-state index in [2.05, 4.69) is 15.5 Å². The Balaban J connectivity index is 1.71. The molecule has 2 aromatic rings. The van der Waals surface area contributed by atoms with Crippen molar-refractivity contribution < 1.29 is 14.3 Å². The monoisotopic (exact) mass is 380 g/mol. The molecule has 132 valence electrons. The van der Waals surface area contributed by atoms with Crippen LogP contribution in [0.15, 0.2) is 18.2 Å². The summed E-state index contributed by atoms with van der Waals surface area (Å²) >= 11 is 7.44. The number of carbonyl (C=O) groups is 2. The maximum absolute atomic E-state index is 12.4. The van der Waals surface area contributed by atoms with E-state index in [1.807, 2.05) is 19.1 Å². The van der Waals surface area contributed by atoms with Gasteiger partial charge in [-0.3, -0.25) is 14.9 Å². The number of nitrogens with zero attached hydrogens (tertiary/aromatic N) is 3. The number of ether oxygens (including phenoxy) is 1. The second-order valence-corrected chi connectivity index (χ2v) is 7.18. The lowest BCUT2D eigenvalue weighted by molar-refractivity contribution is -0.119. The quantitative estimate of drug-likeness (QED) is 0.861. The van der Waals surface area contributed by atoms with Gasteiger partial charge in [0, 0.05) is 36.7 Å². The molecule has 0 saturated carbocycles. The minimum absolute atomic E-state index is 0.0186. The lowest BCUT2D eigenvalue weighted by atomic mass is 10.1. The van der Waals surface area contributed by atoms with Gasteiger partial charge in [-0.05, 0) is 24.6 Å². The van der Waals surface area contributed by atoms with Crippen molar-refractivity contribution in [2.75, 3.05) is 30.5 Å². The maximum atomic E-state index is 12.4. The van der Waals surface area contributed by atoms with Crippen molar-refractivity contribution in [2.24, 2.45) is 0 Å². The van der Waals surface area contributed by atoms with E-state index in [0.29, 0.717) is 23.1 Å². The van der Waals surface area contributed by atoms with Gasteiger partial charge in [-0.25, -0.2) is 0 Å². The van der Waals surface area contributed by atoms with Gasteiger partial charge in [-0.2, -0.15) is 0 Å². The zero-order chi connectivity index (χ0) is 18.0. The molecule has 1 N–H and O–H groups in total. The first-order valence-corrected chi connectivity index (χ1v) is 8.86. The van der Waals surface area contributed by atoms with E-state index < -0.39 is 0 Å². The van der Waals surface area contributed by atoms with Crippen molar-refractivity contribution in [2.45, 2.75) is 19.3 Å². The summed E-state index contributed by atoms with van der Waals surface area (Å²) in [6.45, 7) is 2.39. The minimum Gasteiger partial charge on any atom is -0.375 e. The Kier molecular flexibility index (Phi) is 5.31. The van der Waals surface area contributed by atoms with Gasteiger partial charge in [0.2, 0.25) is 11.0 Å². The molecule has 1 atom stereocenters. The first kappa shape index (κ1) is 17.8. The summed E-state index contributed by atoms with van der Waals surface area (Å²) in [5.41, 5.74) is 1.75. The largest absolute Gasteiger partial charge is 0.375 e. The average Bonchev–Trinajstić information content (AvgIpc) is 3.17. The highest BCUT2D eigenvalue weighted by molar-refractivity contribution is 7.15. The predicted molar refractivity (Wildman–Crippen MR) is 96.3 cm³/mol.